The van der Waals surface area contributed by atoms with Crippen LogP contribution in [0.1, 0.15) is 16.1 Å². The molecule has 0 spiro atoms. The van der Waals surface area contributed by atoms with Gasteiger partial charge in [0.05, 0.1) is 17.8 Å². The number of aliphatic hydroxyl groups is 1. The fraction of sp³-hybridized carbons (Fsp3) is 0.100. The number of aliphatic hydroxyl groups excluding tert-OH is 1. The van der Waals surface area contributed by atoms with Crippen LogP contribution in [0.15, 0.2) is 59.0 Å². The number of hydrogen-bond acceptors (Lipinski definition) is 5. The predicted molar refractivity (Wildman–Crippen MR) is 112 cm³/mol. The van der Waals surface area contributed by atoms with Crippen molar-refractivity contribution in [2.75, 3.05) is 12.4 Å². The molecule has 0 atom stereocenters. The highest BCUT2D eigenvalue weighted by molar-refractivity contribution is 7.80. The van der Waals surface area contributed by atoms with Crippen molar-refractivity contribution in [2.24, 2.45) is 0 Å². The maximum Gasteiger partial charge on any atom is 0.257 e. The molecule has 3 aromatic rings. The van der Waals surface area contributed by atoms with Gasteiger partial charge in [0.2, 0.25) is 0 Å². The van der Waals surface area contributed by atoms with Crippen LogP contribution in [0.3, 0.4) is 0 Å². The van der Waals surface area contributed by atoms with Crippen LogP contribution in [0.5, 0.6) is 5.75 Å². The van der Waals surface area contributed by atoms with Gasteiger partial charge in [0.1, 0.15) is 23.9 Å². The number of halogens is 1. The van der Waals surface area contributed by atoms with Gasteiger partial charge in [-0.05, 0) is 60.7 Å². The molecule has 0 saturated carbocycles. The van der Waals surface area contributed by atoms with E-state index in [4.69, 9.17) is 38.1 Å². The summed E-state index contributed by atoms with van der Waals surface area (Å²) in [5.41, 5.74) is 1.67. The normalized spacial score (nSPS) is 10.4. The summed E-state index contributed by atoms with van der Waals surface area (Å²) in [5.74, 6) is 1.24. The van der Waals surface area contributed by atoms with Crippen molar-refractivity contribution in [3.05, 3.63) is 70.9 Å². The first-order valence-electron chi connectivity index (χ1n) is 8.26. The van der Waals surface area contributed by atoms with E-state index in [9.17, 15) is 4.79 Å². The fourth-order valence-electron chi connectivity index (χ4n) is 2.49. The summed E-state index contributed by atoms with van der Waals surface area (Å²) in [6, 6.07) is 15.4. The van der Waals surface area contributed by atoms with Crippen molar-refractivity contribution in [2.45, 2.75) is 6.61 Å². The number of thiocarbonyl (C=S) groups is 1. The zero-order valence-electron chi connectivity index (χ0n) is 14.9. The summed E-state index contributed by atoms with van der Waals surface area (Å²) in [6.45, 7) is -0.181. The van der Waals surface area contributed by atoms with Gasteiger partial charge >= 0.3 is 0 Å². The van der Waals surface area contributed by atoms with Gasteiger partial charge in [0.25, 0.3) is 5.91 Å². The third-order valence-electron chi connectivity index (χ3n) is 3.88. The van der Waals surface area contributed by atoms with E-state index in [1.165, 1.54) is 7.11 Å². The maximum atomic E-state index is 12.4. The predicted octanol–water partition coefficient (Wildman–Crippen LogP) is 4.23. The Morgan fingerprint density at radius 1 is 1.21 bits per heavy atom. The van der Waals surface area contributed by atoms with Gasteiger partial charge in [-0.25, -0.2) is 0 Å². The average Bonchev–Trinajstić information content (AvgIpc) is 3.19. The molecule has 2 aromatic carbocycles. The molecule has 3 rings (SSSR count). The van der Waals surface area contributed by atoms with Crippen molar-refractivity contribution >= 4 is 40.5 Å². The molecule has 144 valence electrons. The second-order valence-corrected chi connectivity index (χ2v) is 6.57. The van der Waals surface area contributed by atoms with Gasteiger partial charge in [-0.2, -0.15) is 0 Å². The van der Waals surface area contributed by atoms with Gasteiger partial charge < -0.3 is 19.6 Å². The lowest BCUT2D eigenvalue weighted by atomic mass is 10.1. The smallest absolute Gasteiger partial charge is 0.257 e. The van der Waals surface area contributed by atoms with Crippen LogP contribution in [-0.2, 0) is 6.61 Å². The molecule has 1 aromatic heterocycles. The van der Waals surface area contributed by atoms with E-state index in [-0.39, 0.29) is 17.6 Å². The molecule has 0 unspecified atom stereocenters. The lowest BCUT2D eigenvalue weighted by molar-refractivity contribution is 0.0977. The Kier molecular flexibility index (Phi) is 6.30. The number of furan rings is 1. The molecule has 8 heteroatoms. The second kappa shape index (κ2) is 8.88. The summed E-state index contributed by atoms with van der Waals surface area (Å²) in [7, 11) is 1.53. The molecule has 0 aliphatic carbocycles. The van der Waals surface area contributed by atoms with Gasteiger partial charge in [-0.3, -0.25) is 10.1 Å². The molecular formula is C20H17ClN2O4S. The molecule has 28 heavy (non-hydrogen) atoms. The number of carbonyl (C=O) groups excluding carboxylic acids is 1. The molecule has 0 fully saturated rings. The Labute approximate surface area is 172 Å². The monoisotopic (exact) mass is 416 g/mol. The highest BCUT2D eigenvalue weighted by atomic mass is 35.5. The van der Waals surface area contributed by atoms with Crippen LogP contribution < -0.4 is 15.4 Å². The fourth-order valence-corrected chi connectivity index (χ4v) is 2.85. The minimum Gasteiger partial charge on any atom is -0.497 e. The molecular weight excluding hydrogens is 400 g/mol. The first-order valence-corrected chi connectivity index (χ1v) is 9.04. The topological polar surface area (TPSA) is 83.7 Å². The van der Waals surface area contributed by atoms with E-state index >= 15 is 0 Å². The average molecular weight is 417 g/mol. The maximum absolute atomic E-state index is 12.4. The molecule has 6 nitrogen and oxygen atoms in total. The van der Waals surface area contributed by atoms with Crippen LogP contribution in [0.2, 0.25) is 5.02 Å². The van der Waals surface area contributed by atoms with Gasteiger partial charge in [-0.15, -0.1) is 0 Å². The number of methoxy groups -OCH3 is 1. The highest BCUT2D eigenvalue weighted by Crippen LogP contribution is 2.30. The van der Waals surface area contributed by atoms with E-state index in [2.05, 4.69) is 10.6 Å². The van der Waals surface area contributed by atoms with Crippen molar-refractivity contribution in [1.82, 2.24) is 5.32 Å². The number of amides is 1. The molecule has 3 N–H and O–H groups in total. The Balaban J connectivity index is 1.72. The Hall–Kier alpha value is -2.87. The van der Waals surface area contributed by atoms with Crippen molar-refractivity contribution in [3.63, 3.8) is 0 Å². The number of benzene rings is 2. The summed E-state index contributed by atoms with van der Waals surface area (Å²) >= 11 is 11.5. The minimum atomic E-state index is -0.373. The van der Waals surface area contributed by atoms with Crippen LogP contribution in [0, 0.1) is 0 Å². The zero-order valence-corrected chi connectivity index (χ0v) is 16.4. The molecule has 0 bridgehead atoms. The third-order valence-corrected chi connectivity index (χ3v) is 4.41. The van der Waals surface area contributed by atoms with E-state index in [1.54, 1.807) is 54.6 Å². The minimum absolute atomic E-state index is 0.0994. The van der Waals surface area contributed by atoms with Gasteiger partial charge in [0.15, 0.2) is 5.11 Å². The van der Waals surface area contributed by atoms with Crippen molar-refractivity contribution in [1.29, 1.82) is 0 Å². The van der Waals surface area contributed by atoms with Crippen molar-refractivity contribution in [3.8, 4) is 17.1 Å². The summed E-state index contributed by atoms with van der Waals surface area (Å²) in [5, 5.41) is 15.2. The van der Waals surface area contributed by atoms with E-state index in [0.29, 0.717) is 33.5 Å². The Bertz CT molecular complexity index is 1020. The lowest BCUT2D eigenvalue weighted by Gasteiger charge is -2.12. The first kappa shape index (κ1) is 19.9. The number of ether oxygens (including phenoxy) is 1. The lowest BCUT2D eigenvalue weighted by Crippen LogP contribution is -2.34. The molecule has 1 heterocycles. The molecule has 1 amide bonds. The van der Waals surface area contributed by atoms with E-state index < -0.39 is 0 Å². The SMILES string of the molecule is COc1cccc(C(=O)NC(=S)Nc2cc(-c3ccc(CO)o3)ccc2Cl)c1. The van der Waals surface area contributed by atoms with E-state index in [0.717, 1.165) is 5.56 Å². The van der Waals surface area contributed by atoms with Crippen LogP contribution >= 0.6 is 23.8 Å². The zero-order chi connectivity index (χ0) is 20.1. The van der Waals surface area contributed by atoms with Crippen molar-refractivity contribution < 1.29 is 19.1 Å². The molecule has 0 radical (unpaired) electrons. The molecule has 0 aliphatic heterocycles. The number of carbonyl (C=O) groups is 1. The summed E-state index contributed by atoms with van der Waals surface area (Å²) < 4.78 is 10.6. The first-order chi connectivity index (χ1) is 13.5. The number of rotatable bonds is 5. The number of hydrogen-bond donors (Lipinski definition) is 3. The second-order valence-electron chi connectivity index (χ2n) is 5.76. The summed E-state index contributed by atoms with van der Waals surface area (Å²) in [6.07, 6.45) is 0. The van der Waals surface area contributed by atoms with Crippen LogP contribution in [0.25, 0.3) is 11.3 Å². The van der Waals surface area contributed by atoms with E-state index in [1.807, 2.05) is 0 Å². The third kappa shape index (κ3) is 4.69. The van der Waals surface area contributed by atoms with Gasteiger partial charge in [-0.1, -0.05) is 17.7 Å². The van der Waals surface area contributed by atoms with Crippen LogP contribution in [-0.4, -0.2) is 23.2 Å². The standard InChI is InChI=1S/C20H17ClN2O4S/c1-26-14-4-2-3-13(9-14)19(25)23-20(28)22-17-10-12(5-7-16(17)21)18-8-6-15(11-24)27-18/h2-10,24H,11H2,1H3,(H2,22,23,25,28). The quantitative estimate of drug-likeness (QED) is 0.540. The van der Waals surface area contributed by atoms with Gasteiger partial charge in [0, 0.05) is 11.1 Å². The largest absolute Gasteiger partial charge is 0.497 e. The number of nitrogens with one attached hydrogen (secondary N) is 2. The highest BCUT2D eigenvalue weighted by Gasteiger charge is 2.12. The molecule has 0 saturated heterocycles. The molecule has 0 aliphatic rings. The number of anilines is 1. The Morgan fingerprint density at radius 3 is 2.75 bits per heavy atom. The van der Waals surface area contributed by atoms with Crippen LogP contribution in [0.4, 0.5) is 5.69 Å². The summed E-state index contributed by atoms with van der Waals surface area (Å²) in [4.78, 5) is 12.4. The Morgan fingerprint density at radius 2 is 2.04 bits per heavy atom.